The molecule has 0 N–H and O–H groups in total. The van der Waals surface area contributed by atoms with Crippen molar-refractivity contribution < 1.29 is 0 Å². The molecule has 4 aliphatic rings. The number of hydrogen-bond acceptors (Lipinski definition) is 6. The fraction of sp³-hybridized carbons (Fsp3) is 0.385. The Hall–Kier alpha value is -3.68. The Morgan fingerprint density at radius 2 is 1.65 bits per heavy atom. The van der Waals surface area contributed by atoms with Gasteiger partial charge in [-0.3, -0.25) is 0 Å². The van der Waals surface area contributed by atoms with E-state index in [1.165, 1.54) is 6.42 Å². The van der Waals surface area contributed by atoms with E-state index in [1.807, 2.05) is 57.8 Å². The number of nitrogens with zero attached hydrogens (tertiary/aromatic N) is 8. The average Bonchev–Trinajstić information content (AvgIpc) is 3.53. The van der Waals surface area contributed by atoms with Gasteiger partial charge in [-0.05, 0) is 67.7 Å². The molecule has 0 radical (unpaired) electrons. The SMILES string of the molecule is c1ccc(-c2nnn(C34C[C@@H]5C[C@H](CC(c6nc7c8ccccc8ncn7n6)(C5)C3)C4)n2)cc1. The summed E-state index contributed by atoms with van der Waals surface area (Å²) in [5, 5.41) is 20.0. The molecule has 0 saturated heterocycles. The van der Waals surface area contributed by atoms with E-state index < -0.39 is 0 Å². The molecule has 5 aromatic rings. The van der Waals surface area contributed by atoms with Gasteiger partial charge in [-0.15, -0.1) is 15.3 Å². The second kappa shape index (κ2) is 6.46. The zero-order chi connectivity index (χ0) is 22.3. The quantitative estimate of drug-likeness (QED) is 0.412. The van der Waals surface area contributed by atoms with Crippen LogP contribution in [0.5, 0.6) is 0 Å². The van der Waals surface area contributed by atoms with Crippen LogP contribution in [0.1, 0.15) is 44.3 Å². The normalized spacial score (nSPS) is 29.9. The summed E-state index contributed by atoms with van der Waals surface area (Å²) in [6.07, 6.45) is 8.60. The van der Waals surface area contributed by atoms with Crippen molar-refractivity contribution >= 4 is 16.6 Å². The number of aromatic nitrogens is 8. The number of tetrazole rings is 1. The molecule has 2 aromatic carbocycles. The molecule has 0 unspecified atom stereocenters. The molecule has 0 aliphatic heterocycles. The standard InChI is InChI=1S/C26H24N8/c1-2-6-19(7-3-1)22-29-32-34(30-22)26-13-17-10-18(14-26)12-25(11-17,15-26)24-28-23-20-8-4-5-9-21(20)27-16-33(23)31-24/h1-9,16-18H,10-15H2/t17-,18-,25?,26?/m1/s1. The van der Waals surface area contributed by atoms with E-state index in [4.69, 9.17) is 15.2 Å². The van der Waals surface area contributed by atoms with Gasteiger partial charge in [-0.2, -0.15) is 4.80 Å². The van der Waals surface area contributed by atoms with Crippen molar-refractivity contribution in [2.45, 2.75) is 49.5 Å². The molecule has 0 amide bonds. The summed E-state index contributed by atoms with van der Waals surface area (Å²) in [5.41, 5.74) is 2.71. The predicted molar refractivity (Wildman–Crippen MR) is 126 cm³/mol. The third kappa shape index (κ3) is 2.53. The van der Waals surface area contributed by atoms with Crippen LogP contribution in [0.3, 0.4) is 0 Å². The number of fused-ring (bicyclic) bond motifs is 3. The molecule has 4 bridgehead atoms. The fourth-order valence-corrected chi connectivity index (χ4v) is 7.53. The van der Waals surface area contributed by atoms with Gasteiger partial charge in [-0.1, -0.05) is 42.5 Å². The van der Waals surface area contributed by atoms with Gasteiger partial charge < -0.3 is 0 Å². The van der Waals surface area contributed by atoms with Crippen LogP contribution < -0.4 is 0 Å². The summed E-state index contributed by atoms with van der Waals surface area (Å²) in [6.45, 7) is 0. The first-order chi connectivity index (χ1) is 16.7. The van der Waals surface area contributed by atoms with Gasteiger partial charge in [0.05, 0.1) is 11.1 Å². The van der Waals surface area contributed by atoms with Gasteiger partial charge in [0.25, 0.3) is 0 Å². The van der Waals surface area contributed by atoms with E-state index >= 15 is 0 Å². The van der Waals surface area contributed by atoms with E-state index in [-0.39, 0.29) is 11.0 Å². The van der Waals surface area contributed by atoms with Crippen molar-refractivity contribution in [3.8, 4) is 11.4 Å². The Kier molecular flexibility index (Phi) is 3.56. The summed E-state index contributed by atoms with van der Waals surface area (Å²) in [6, 6.07) is 18.3. The second-order valence-corrected chi connectivity index (χ2v) is 10.7. The van der Waals surface area contributed by atoms with Crippen molar-refractivity contribution in [1.82, 2.24) is 39.8 Å². The largest absolute Gasteiger partial charge is 0.236 e. The summed E-state index contributed by atoms with van der Waals surface area (Å²) in [7, 11) is 0. The third-order valence-corrected chi connectivity index (χ3v) is 8.46. The molecule has 34 heavy (non-hydrogen) atoms. The summed E-state index contributed by atoms with van der Waals surface area (Å²) in [4.78, 5) is 11.7. The topological polar surface area (TPSA) is 86.7 Å². The maximum atomic E-state index is 5.15. The first kappa shape index (κ1) is 18.7. The average molecular weight is 449 g/mol. The van der Waals surface area contributed by atoms with E-state index in [0.29, 0.717) is 17.7 Å². The molecule has 4 aliphatic carbocycles. The number of rotatable bonds is 3. The third-order valence-electron chi connectivity index (χ3n) is 8.46. The Labute approximate surface area is 196 Å². The minimum atomic E-state index is -0.109. The van der Waals surface area contributed by atoms with E-state index in [9.17, 15) is 0 Å². The molecule has 168 valence electrons. The van der Waals surface area contributed by atoms with Crippen LogP contribution in [0.2, 0.25) is 0 Å². The molecule has 3 heterocycles. The molecule has 2 atom stereocenters. The molecule has 0 spiro atoms. The molecule has 8 heteroatoms. The number of benzene rings is 2. The fourth-order valence-electron chi connectivity index (χ4n) is 7.53. The van der Waals surface area contributed by atoms with Crippen molar-refractivity contribution in [2.24, 2.45) is 11.8 Å². The predicted octanol–water partition coefficient (Wildman–Crippen LogP) is 4.18. The Bertz CT molecular complexity index is 1540. The van der Waals surface area contributed by atoms with Crippen LogP contribution in [0.15, 0.2) is 60.9 Å². The van der Waals surface area contributed by atoms with Gasteiger partial charge in [0.15, 0.2) is 11.5 Å². The van der Waals surface area contributed by atoms with Crippen LogP contribution in [0, 0.1) is 11.8 Å². The highest BCUT2D eigenvalue weighted by molar-refractivity contribution is 5.90. The Balaban J connectivity index is 1.24. The molecular weight excluding hydrogens is 424 g/mol. The van der Waals surface area contributed by atoms with Crippen LogP contribution in [-0.2, 0) is 11.0 Å². The van der Waals surface area contributed by atoms with E-state index in [2.05, 4.69) is 21.4 Å². The zero-order valence-corrected chi connectivity index (χ0v) is 18.7. The highest BCUT2D eigenvalue weighted by Crippen LogP contribution is 2.64. The van der Waals surface area contributed by atoms with Crippen LogP contribution in [0.4, 0.5) is 0 Å². The van der Waals surface area contributed by atoms with E-state index in [1.54, 1.807) is 6.33 Å². The summed E-state index contributed by atoms with van der Waals surface area (Å²) in [5.74, 6) is 2.96. The van der Waals surface area contributed by atoms with Crippen LogP contribution >= 0.6 is 0 Å². The first-order valence-corrected chi connectivity index (χ1v) is 12.2. The molecule has 9 rings (SSSR count). The molecule has 4 fully saturated rings. The Morgan fingerprint density at radius 3 is 2.50 bits per heavy atom. The maximum Gasteiger partial charge on any atom is 0.204 e. The number of para-hydroxylation sites is 1. The highest BCUT2D eigenvalue weighted by atomic mass is 15.6. The zero-order valence-electron chi connectivity index (χ0n) is 18.7. The second-order valence-electron chi connectivity index (χ2n) is 10.7. The minimum Gasteiger partial charge on any atom is -0.236 e. The first-order valence-electron chi connectivity index (χ1n) is 12.2. The van der Waals surface area contributed by atoms with Crippen LogP contribution in [0.25, 0.3) is 27.9 Å². The summed E-state index contributed by atoms with van der Waals surface area (Å²) >= 11 is 0. The molecule has 4 saturated carbocycles. The van der Waals surface area contributed by atoms with Gasteiger partial charge in [0.1, 0.15) is 6.33 Å². The lowest BCUT2D eigenvalue weighted by molar-refractivity contribution is -0.0784. The van der Waals surface area contributed by atoms with Crippen LogP contribution in [-0.4, -0.2) is 39.8 Å². The monoisotopic (exact) mass is 448 g/mol. The molecular formula is C26H24N8. The van der Waals surface area contributed by atoms with Gasteiger partial charge >= 0.3 is 0 Å². The van der Waals surface area contributed by atoms with Gasteiger partial charge in [0, 0.05) is 16.4 Å². The smallest absolute Gasteiger partial charge is 0.204 e. The van der Waals surface area contributed by atoms with Crippen molar-refractivity contribution in [1.29, 1.82) is 0 Å². The maximum absolute atomic E-state index is 5.15. The molecule has 8 nitrogen and oxygen atoms in total. The lowest BCUT2D eigenvalue weighted by atomic mass is 9.46. The highest BCUT2D eigenvalue weighted by Gasteiger charge is 2.61. The Morgan fingerprint density at radius 1 is 0.853 bits per heavy atom. The van der Waals surface area contributed by atoms with Crippen molar-refractivity contribution in [2.75, 3.05) is 0 Å². The van der Waals surface area contributed by atoms with Gasteiger partial charge in [0.2, 0.25) is 5.82 Å². The van der Waals surface area contributed by atoms with Gasteiger partial charge in [-0.25, -0.2) is 14.5 Å². The van der Waals surface area contributed by atoms with Crippen molar-refractivity contribution in [3.63, 3.8) is 0 Å². The minimum absolute atomic E-state index is 0.0439. The lowest BCUT2D eigenvalue weighted by Crippen LogP contribution is -2.59. The molecule has 3 aromatic heterocycles. The van der Waals surface area contributed by atoms with E-state index in [0.717, 1.165) is 60.0 Å². The lowest BCUT2D eigenvalue weighted by Gasteiger charge is -2.60. The summed E-state index contributed by atoms with van der Waals surface area (Å²) < 4.78 is 1.87. The number of hydrogen-bond donors (Lipinski definition) is 0. The van der Waals surface area contributed by atoms with Crippen molar-refractivity contribution in [3.05, 3.63) is 66.7 Å².